The van der Waals surface area contributed by atoms with Crippen molar-refractivity contribution in [3.05, 3.63) is 35.1 Å². The summed E-state index contributed by atoms with van der Waals surface area (Å²) in [7, 11) is 0. The average molecular weight is 190 g/mol. The Balaban J connectivity index is 2.43. The number of benzene rings is 1. The minimum Gasteiger partial charge on any atom is -0.362 e. The Hall–Kier alpha value is -1.33. The smallest absolute Gasteiger partial charge is 0.123 e. The Labute approximate surface area is 82.9 Å². The van der Waals surface area contributed by atoms with Crippen LogP contribution in [0, 0.1) is 18.2 Å². The standard InChI is InChI=1S/C12H11FO/c1-4-8-5-6-9(13)7-10(8)11-12(2,3)14-11/h1,5-7,11H,2-3H3. The number of terminal acetylenes is 1. The summed E-state index contributed by atoms with van der Waals surface area (Å²) in [4.78, 5) is 0. The van der Waals surface area contributed by atoms with E-state index < -0.39 is 0 Å². The molecule has 1 aromatic carbocycles. The Morgan fingerprint density at radius 2 is 2.14 bits per heavy atom. The first-order chi connectivity index (χ1) is 6.54. The summed E-state index contributed by atoms with van der Waals surface area (Å²) in [5.74, 6) is 2.26. The fraction of sp³-hybridized carbons (Fsp3) is 0.333. The first-order valence-electron chi connectivity index (χ1n) is 4.48. The molecule has 0 amide bonds. The Bertz CT molecular complexity index is 415. The summed E-state index contributed by atoms with van der Waals surface area (Å²) in [6.45, 7) is 3.92. The zero-order valence-electron chi connectivity index (χ0n) is 8.17. The number of epoxide rings is 1. The Morgan fingerprint density at radius 3 is 2.64 bits per heavy atom. The van der Waals surface area contributed by atoms with Crippen molar-refractivity contribution in [1.29, 1.82) is 0 Å². The van der Waals surface area contributed by atoms with Crippen molar-refractivity contribution in [2.75, 3.05) is 0 Å². The molecule has 2 rings (SSSR count). The quantitative estimate of drug-likeness (QED) is 0.490. The van der Waals surface area contributed by atoms with Gasteiger partial charge in [0.1, 0.15) is 11.9 Å². The van der Waals surface area contributed by atoms with Crippen LogP contribution in [0.4, 0.5) is 4.39 Å². The monoisotopic (exact) mass is 190 g/mol. The normalized spacial score (nSPS) is 22.9. The van der Waals surface area contributed by atoms with Crippen molar-refractivity contribution in [1.82, 2.24) is 0 Å². The van der Waals surface area contributed by atoms with Gasteiger partial charge in [-0.15, -0.1) is 6.42 Å². The van der Waals surface area contributed by atoms with Gasteiger partial charge in [0.15, 0.2) is 0 Å². The second kappa shape index (κ2) is 2.83. The minimum absolute atomic E-state index is 0.0655. The SMILES string of the molecule is C#Cc1ccc(F)cc1C1OC1(C)C. The van der Waals surface area contributed by atoms with Crippen LogP contribution in [-0.4, -0.2) is 5.60 Å². The summed E-state index contributed by atoms with van der Waals surface area (Å²) < 4.78 is 18.4. The van der Waals surface area contributed by atoms with E-state index in [1.807, 2.05) is 13.8 Å². The van der Waals surface area contributed by atoms with Gasteiger partial charge in [-0.25, -0.2) is 4.39 Å². The van der Waals surface area contributed by atoms with E-state index in [9.17, 15) is 4.39 Å². The molecule has 1 unspecified atom stereocenters. The van der Waals surface area contributed by atoms with Gasteiger partial charge in [0.25, 0.3) is 0 Å². The van der Waals surface area contributed by atoms with E-state index in [1.165, 1.54) is 12.1 Å². The molecule has 0 N–H and O–H groups in total. The number of rotatable bonds is 1. The van der Waals surface area contributed by atoms with Crippen LogP contribution >= 0.6 is 0 Å². The highest BCUT2D eigenvalue weighted by atomic mass is 19.1. The van der Waals surface area contributed by atoms with Gasteiger partial charge in [0.2, 0.25) is 0 Å². The van der Waals surface area contributed by atoms with Crippen LogP contribution in [0.15, 0.2) is 18.2 Å². The first kappa shape index (κ1) is 9.23. The molecule has 1 nitrogen and oxygen atoms in total. The van der Waals surface area contributed by atoms with Crippen LogP contribution in [0.2, 0.25) is 0 Å². The molecule has 1 aromatic rings. The summed E-state index contributed by atoms with van der Waals surface area (Å²) >= 11 is 0. The van der Waals surface area contributed by atoms with Gasteiger partial charge in [0, 0.05) is 11.1 Å². The number of hydrogen-bond acceptors (Lipinski definition) is 1. The van der Waals surface area contributed by atoms with Crippen molar-refractivity contribution in [3.8, 4) is 12.3 Å². The van der Waals surface area contributed by atoms with Crippen LogP contribution in [0.3, 0.4) is 0 Å². The fourth-order valence-electron chi connectivity index (χ4n) is 1.59. The molecule has 1 aliphatic rings. The summed E-state index contributed by atoms with van der Waals surface area (Å²) in [6.07, 6.45) is 5.26. The van der Waals surface area contributed by atoms with Crippen molar-refractivity contribution in [3.63, 3.8) is 0 Å². The zero-order valence-corrected chi connectivity index (χ0v) is 8.17. The molecular formula is C12H11FO. The summed E-state index contributed by atoms with van der Waals surface area (Å²) in [5.41, 5.74) is 1.28. The van der Waals surface area contributed by atoms with Gasteiger partial charge in [-0.2, -0.15) is 0 Å². The van der Waals surface area contributed by atoms with Gasteiger partial charge in [-0.3, -0.25) is 0 Å². The molecule has 0 radical (unpaired) electrons. The molecule has 0 aromatic heterocycles. The van der Waals surface area contributed by atoms with Crippen LogP contribution in [0.1, 0.15) is 31.1 Å². The van der Waals surface area contributed by atoms with E-state index in [2.05, 4.69) is 5.92 Å². The van der Waals surface area contributed by atoms with Gasteiger partial charge < -0.3 is 4.74 Å². The molecule has 72 valence electrons. The van der Waals surface area contributed by atoms with Gasteiger partial charge >= 0.3 is 0 Å². The largest absolute Gasteiger partial charge is 0.362 e. The minimum atomic E-state index is -0.273. The van der Waals surface area contributed by atoms with E-state index in [0.29, 0.717) is 5.56 Å². The average Bonchev–Trinajstić information content (AvgIpc) is 2.75. The second-order valence-corrected chi connectivity index (χ2v) is 3.98. The number of halogens is 1. The molecule has 0 spiro atoms. The number of ether oxygens (including phenoxy) is 1. The third-order valence-electron chi connectivity index (χ3n) is 2.45. The molecule has 1 aliphatic heterocycles. The predicted octanol–water partition coefficient (Wildman–Crippen LogP) is 2.66. The molecule has 2 heteroatoms. The molecule has 14 heavy (non-hydrogen) atoms. The van der Waals surface area contributed by atoms with E-state index >= 15 is 0 Å². The van der Waals surface area contributed by atoms with Crippen LogP contribution in [0.25, 0.3) is 0 Å². The van der Waals surface area contributed by atoms with E-state index in [-0.39, 0.29) is 17.5 Å². The molecule has 0 aliphatic carbocycles. The van der Waals surface area contributed by atoms with Crippen LogP contribution in [-0.2, 0) is 4.74 Å². The molecule has 1 atom stereocenters. The van der Waals surface area contributed by atoms with Crippen molar-refractivity contribution in [2.24, 2.45) is 0 Å². The predicted molar refractivity (Wildman–Crippen MR) is 52.2 cm³/mol. The highest BCUT2D eigenvalue weighted by Crippen LogP contribution is 2.49. The summed E-state index contributed by atoms with van der Waals surface area (Å²) in [5, 5.41) is 0. The van der Waals surface area contributed by atoms with Crippen molar-refractivity contribution in [2.45, 2.75) is 25.6 Å². The van der Waals surface area contributed by atoms with Gasteiger partial charge in [0.05, 0.1) is 5.60 Å². The number of hydrogen-bond donors (Lipinski definition) is 0. The Kier molecular flexibility index (Phi) is 1.87. The third-order valence-corrected chi connectivity index (χ3v) is 2.45. The highest BCUT2D eigenvalue weighted by molar-refractivity contribution is 5.44. The third kappa shape index (κ3) is 1.40. The van der Waals surface area contributed by atoms with Crippen molar-refractivity contribution < 1.29 is 9.13 Å². The molecule has 0 saturated carbocycles. The van der Waals surface area contributed by atoms with Crippen molar-refractivity contribution >= 4 is 0 Å². The fourth-order valence-corrected chi connectivity index (χ4v) is 1.59. The highest BCUT2D eigenvalue weighted by Gasteiger charge is 2.49. The maximum absolute atomic E-state index is 13.0. The topological polar surface area (TPSA) is 12.5 Å². The molecule has 1 heterocycles. The second-order valence-electron chi connectivity index (χ2n) is 3.98. The van der Waals surface area contributed by atoms with E-state index in [0.717, 1.165) is 5.56 Å². The zero-order chi connectivity index (χ0) is 10.3. The summed E-state index contributed by atoms with van der Waals surface area (Å²) in [6, 6.07) is 4.44. The Morgan fingerprint density at radius 1 is 1.50 bits per heavy atom. The molecular weight excluding hydrogens is 179 g/mol. The van der Waals surface area contributed by atoms with Gasteiger partial charge in [-0.1, -0.05) is 5.92 Å². The van der Waals surface area contributed by atoms with E-state index in [4.69, 9.17) is 11.2 Å². The van der Waals surface area contributed by atoms with E-state index in [1.54, 1.807) is 6.07 Å². The molecule has 1 fully saturated rings. The first-order valence-corrected chi connectivity index (χ1v) is 4.48. The van der Waals surface area contributed by atoms with Crippen LogP contribution < -0.4 is 0 Å². The van der Waals surface area contributed by atoms with Crippen LogP contribution in [0.5, 0.6) is 0 Å². The lowest BCUT2D eigenvalue weighted by molar-refractivity contribution is 0.325. The lowest BCUT2D eigenvalue weighted by Crippen LogP contribution is -1.99. The molecule has 1 saturated heterocycles. The van der Waals surface area contributed by atoms with Gasteiger partial charge in [-0.05, 0) is 32.0 Å². The lowest BCUT2D eigenvalue weighted by Gasteiger charge is -2.02. The maximum Gasteiger partial charge on any atom is 0.123 e. The molecule has 0 bridgehead atoms. The maximum atomic E-state index is 13.0. The lowest BCUT2D eigenvalue weighted by atomic mass is 9.98.